The second kappa shape index (κ2) is 12.0. The van der Waals surface area contributed by atoms with Crippen molar-refractivity contribution in [2.75, 3.05) is 10.6 Å². The van der Waals surface area contributed by atoms with Crippen LogP contribution in [0.3, 0.4) is 0 Å². The van der Waals surface area contributed by atoms with E-state index in [1.807, 2.05) is 30.6 Å². The van der Waals surface area contributed by atoms with Crippen LogP contribution in [0.1, 0.15) is 11.4 Å². The van der Waals surface area contributed by atoms with Crippen molar-refractivity contribution in [2.24, 2.45) is 0 Å². The summed E-state index contributed by atoms with van der Waals surface area (Å²) in [6.45, 7) is 1.92. The third kappa shape index (κ3) is 7.23. The predicted molar refractivity (Wildman–Crippen MR) is 147 cm³/mol. The first-order chi connectivity index (χ1) is 19.3. The van der Waals surface area contributed by atoms with Crippen LogP contribution in [0.2, 0.25) is 0 Å². The monoisotopic (exact) mass is 583 g/mol. The molecule has 6 aromatic heterocycles. The van der Waals surface area contributed by atoms with E-state index in [0.29, 0.717) is 28.2 Å². The lowest BCUT2D eigenvalue weighted by Gasteiger charge is -2.05. The number of nitrogens with one attached hydrogen (secondary N) is 4. The molecule has 6 aromatic rings. The lowest BCUT2D eigenvalue weighted by molar-refractivity contribution is -0.127. The molecule has 4 N–H and O–H groups in total. The number of aromatic nitrogens is 9. The van der Waals surface area contributed by atoms with Gasteiger partial charge in [-0.2, -0.15) is 23.4 Å². The van der Waals surface area contributed by atoms with E-state index in [2.05, 4.69) is 55.9 Å². The minimum atomic E-state index is -4.30. The number of aromatic amines is 2. The van der Waals surface area contributed by atoms with Crippen LogP contribution in [0.15, 0.2) is 66.0 Å². The first-order valence-electron chi connectivity index (χ1n) is 11.6. The van der Waals surface area contributed by atoms with Crippen LogP contribution in [-0.2, 0) is 6.42 Å². The number of aryl methyl sites for hydroxylation is 1. The summed E-state index contributed by atoms with van der Waals surface area (Å²) in [5, 5.41) is 23.8. The zero-order valence-electron chi connectivity index (χ0n) is 20.6. The predicted octanol–water partition coefficient (Wildman–Crippen LogP) is 6.15. The zero-order valence-corrected chi connectivity index (χ0v) is 22.3. The van der Waals surface area contributed by atoms with E-state index >= 15 is 0 Å². The maximum absolute atomic E-state index is 12.5. The summed E-state index contributed by atoms with van der Waals surface area (Å²) < 4.78 is 37.6. The molecular formula is C24H20F3N11S2. The lowest BCUT2D eigenvalue weighted by atomic mass is 10.1. The summed E-state index contributed by atoms with van der Waals surface area (Å²) >= 11 is 2.79. The van der Waals surface area contributed by atoms with Gasteiger partial charge in [0.2, 0.25) is 5.95 Å². The maximum atomic E-state index is 12.5. The minimum Gasteiger partial charge on any atom is -0.316 e. The Balaban J connectivity index is 0.000000164. The Kier molecular flexibility index (Phi) is 8.07. The number of hydrogen-bond donors (Lipinski definition) is 4. The van der Waals surface area contributed by atoms with E-state index < -0.39 is 12.6 Å². The van der Waals surface area contributed by atoms with Crippen molar-refractivity contribution in [3.05, 3.63) is 77.4 Å². The number of hydrogen-bond acceptors (Lipinski definition) is 11. The maximum Gasteiger partial charge on any atom is 0.394 e. The molecule has 0 amide bonds. The van der Waals surface area contributed by atoms with Gasteiger partial charge >= 0.3 is 6.18 Å². The van der Waals surface area contributed by atoms with Crippen LogP contribution in [0.4, 0.5) is 35.2 Å². The highest BCUT2D eigenvalue weighted by Crippen LogP contribution is 2.31. The Morgan fingerprint density at radius 1 is 0.875 bits per heavy atom. The molecule has 0 aliphatic rings. The van der Waals surface area contributed by atoms with Crippen LogP contribution in [0.5, 0.6) is 0 Å². The molecule has 0 unspecified atom stereocenters. The Hall–Kier alpha value is -4.70. The van der Waals surface area contributed by atoms with Gasteiger partial charge in [-0.25, -0.2) is 24.9 Å². The number of H-pyrrole nitrogens is 2. The fourth-order valence-electron chi connectivity index (χ4n) is 3.33. The lowest BCUT2D eigenvalue weighted by Crippen LogP contribution is -2.12. The van der Waals surface area contributed by atoms with Gasteiger partial charge in [-0.3, -0.25) is 10.2 Å². The molecule has 16 heteroatoms. The quantitative estimate of drug-likeness (QED) is 0.174. The van der Waals surface area contributed by atoms with Gasteiger partial charge in [0.25, 0.3) is 0 Å². The van der Waals surface area contributed by atoms with Crippen LogP contribution in [0.25, 0.3) is 22.5 Å². The number of rotatable bonds is 7. The third-order valence-corrected chi connectivity index (χ3v) is 6.60. The van der Waals surface area contributed by atoms with Crippen molar-refractivity contribution in [3.8, 4) is 22.5 Å². The Morgan fingerprint density at radius 3 is 2.40 bits per heavy atom. The molecule has 40 heavy (non-hydrogen) atoms. The fraction of sp³-hybridized carbons (Fsp3) is 0.125. The smallest absolute Gasteiger partial charge is 0.316 e. The van der Waals surface area contributed by atoms with Gasteiger partial charge in [0.15, 0.2) is 10.3 Å². The fourth-order valence-corrected chi connectivity index (χ4v) is 4.76. The van der Waals surface area contributed by atoms with Gasteiger partial charge in [0.05, 0.1) is 35.9 Å². The SMILES string of the molecule is Cc1ccnc(Nc2nc(-c3cn[nH]c3)cs2)n1.FC(F)(F)Cc1[nH]ncc1-c1csc(Nc2ccccn2)n1. The summed E-state index contributed by atoms with van der Waals surface area (Å²) in [6, 6.07) is 7.23. The van der Waals surface area contributed by atoms with Crippen molar-refractivity contribution in [3.63, 3.8) is 0 Å². The average molecular weight is 584 g/mol. The van der Waals surface area contributed by atoms with Crippen molar-refractivity contribution < 1.29 is 13.2 Å². The molecule has 0 radical (unpaired) electrons. The number of alkyl halides is 3. The minimum absolute atomic E-state index is 0.00202. The normalized spacial score (nSPS) is 11.1. The Morgan fingerprint density at radius 2 is 1.68 bits per heavy atom. The number of nitrogens with zero attached hydrogens (tertiary/aromatic N) is 7. The van der Waals surface area contributed by atoms with Crippen LogP contribution < -0.4 is 10.6 Å². The molecule has 6 heterocycles. The van der Waals surface area contributed by atoms with Crippen molar-refractivity contribution >= 4 is 44.7 Å². The summed E-state index contributed by atoms with van der Waals surface area (Å²) in [6.07, 6.45) is 2.88. The highest BCUT2D eigenvalue weighted by Gasteiger charge is 2.30. The molecule has 0 saturated heterocycles. The number of pyridine rings is 1. The van der Waals surface area contributed by atoms with E-state index in [9.17, 15) is 13.2 Å². The molecule has 6 rings (SSSR count). The molecule has 0 aromatic carbocycles. The standard InChI is InChI=1S/C13H10F3N5S.C11H10N6S/c14-13(15,16)5-9-8(6-18-21-9)10-7-22-12(19-10)20-11-3-1-2-4-17-11;1-7-2-3-12-10(15-7)17-11-16-9(6-18-11)8-4-13-14-5-8/h1-4,6-7H,5H2,(H,18,21)(H,17,19,20);2-6H,1H3,(H,13,14)(H,12,15,16,17). The molecule has 0 fully saturated rings. The van der Waals surface area contributed by atoms with Gasteiger partial charge < -0.3 is 10.6 Å². The van der Waals surface area contributed by atoms with E-state index in [4.69, 9.17) is 0 Å². The number of thiazole rings is 2. The molecule has 0 bridgehead atoms. The van der Waals surface area contributed by atoms with Crippen molar-refractivity contribution in [2.45, 2.75) is 19.5 Å². The third-order valence-electron chi connectivity index (χ3n) is 5.09. The summed E-state index contributed by atoms with van der Waals surface area (Å²) in [4.78, 5) is 21.2. The van der Waals surface area contributed by atoms with Gasteiger partial charge in [-0.15, -0.1) is 22.7 Å². The number of halogens is 3. The van der Waals surface area contributed by atoms with Gasteiger partial charge in [0, 0.05) is 46.2 Å². The zero-order chi connectivity index (χ0) is 28.0. The van der Waals surface area contributed by atoms with E-state index in [0.717, 1.165) is 22.1 Å². The first-order valence-corrected chi connectivity index (χ1v) is 13.3. The van der Waals surface area contributed by atoms with Gasteiger partial charge in [-0.1, -0.05) is 6.07 Å². The average Bonchev–Trinajstić information content (AvgIpc) is 3.72. The van der Waals surface area contributed by atoms with E-state index in [1.165, 1.54) is 28.9 Å². The molecular weight excluding hydrogens is 563 g/mol. The Bertz CT molecular complexity index is 1640. The van der Waals surface area contributed by atoms with Gasteiger partial charge in [0.1, 0.15) is 5.82 Å². The summed E-state index contributed by atoms with van der Waals surface area (Å²) in [7, 11) is 0. The second-order valence-corrected chi connectivity index (χ2v) is 9.82. The first kappa shape index (κ1) is 26.9. The molecule has 11 nitrogen and oxygen atoms in total. The van der Waals surface area contributed by atoms with Crippen molar-refractivity contribution in [1.29, 1.82) is 0 Å². The summed E-state index contributed by atoms with van der Waals surface area (Å²) in [5.41, 5.74) is 3.55. The van der Waals surface area contributed by atoms with Crippen LogP contribution >= 0.6 is 22.7 Å². The molecule has 204 valence electrons. The molecule has 0 saturated carbocycles. The van der Waals surface area contributed by atoms with Crippen LogP contribution in [0, 0.1) is 6.92 Å². The molecule has 0 spiro atoms. The largest absolute Gasteiger partial charge is 0.394 e. The molecule has 0 aliphatic carbocycles. The van der Waals surface area contributed by atoms with E-state index in [-0.39, 0.29) is 5.69 Å². The molecule has 0 aliphatic heterocycles. The topological polar surface area (TPSA) is 146 Å². The second-order valence-electron chi connectivity index (χ2n) is 8.10. The highest BCUT2D eigenvalue weighted by molar-refractivity contribution is 7.14. The highest BCUT2D eigenvalue weighted by atomic mass is 32.1. The number of anilines is 4. The Labute approximate surface area is 233 Å². The molecule has 0 atom stereocenters. The summed E-state index contributed by atoms with van der Waals surface area (Å²) in [5.74, 6) is 1.18. The van der Waals surface area contributed by atoms with Crippen LogP contribution in [-0.4, -0.2) is 51.5 Å². The van der Waals surface area contributed by atoms with E-state index in [1.54, 1.807) is 36.1 Å². The van der Waals surface area contributed by atoms with Crippen molar-refractivity contribution in [1.82, 2.24) is 45.3 Å². The van der Waals surface area contributed by atoms with Gasteiger partial charge in [-0.05, 0) is 25.1 Å².